The zero-order valence-electron chi connectivity index (χ0n) is 11.5. The van der Waals surface area contributed by atoms with Crippen LogP contribution in [0.2, 0.25) is 0 Å². The number of carbonyl (C=O) groups excluding carboxylic acids is 1. The highest BCUT2D eigenvalue weighted by molar-refractivity contribution is 5.95. The van der Waals surface area contributed by atoms with E-state index >= 15 is 0 Å². The first-order valence-corrected chi connectivity index (χ1v) is 6.24. The molecule has 0 unspecified atom stereocenters. The number of methoxy groups -OCH3 is 1. The Morgan fingerprint density at radius 2 is 2.15 bits per heavy atom. The molecule has 20 heavy (non-hydrogen) atoms. The van der Waals surface area contributed by atoms with Crippen molar-refractivity contribution in [2.75, 3.05) is 12.4 Å². The maximum atomic E-state index is 11.3. The summed E-state index contributed by atoms with van der Waals surface area (Å²) in [5.41, 5.74) is 8.62. The first-order chi connectivity index (χ1) is 9.61. The van der Waals surface area contributed by atoms with Crippen LogP contribution >= 0.6 is 0 Å². The highest BCUT2D eigenvalue weighted by Crippen LogP contribution is 2.19. The van der Waals surface area contributed by atoms with Gasteiger partial charge in [-0.05, 0) is 30.2 Å². The maximum absolute atomic E-state index is 11.3. The van der Waals surface area contributed by atoms with Crippen LogP contribution in [0.4, 0.5) is 5.69 Å². The van der Waals surface area contributed by atoms with Crippen LogP contribution in [0.5, 0.6) is 5.88 Å². The lowest BCUT2D eigenvalue weighted by Crippen LogP contribution is -2.13. The fourth-order valence-corrected chi connectivity index (χ4v) is 1.93. The van der Waals surface area contributed by atoms with E-state index in [1.807, 2.05) is 31.2 Å². The zero-order valence-corrected chi connectivity index (χ0v) is 11.5. The molecule has 0 spiro atoms. The molecule has 0 saturated carbocycles. The second kappa shape index (κ2) is 6.06. The van der Waals surface area contributed by atoms with Gasteiger partial charge in [0, 0.05) is 30.1 Å². The summed E-state index contributed by atoms with van der Waals surface area (Å²) in [6.45, 7) is 2.48. The zero-order chi connectivity index (χ0) is 14.5. The number of ether oxygens (including phenoxy) is 1. The standard InChI is InChI=1S/C15H17N3O2/c1-10-12(15(16)19)4-3-5-13(10)17-8-11-6-7-14(20-2)18-9-11/h3-7,9,17H,8H2,1-2H3,(H2,16,19). The van der Waals surface area contributed by atoms with Gasteiger partial charge in [-0.2, -0.15) is 0 Å². The van der Waals surface area contributed by atoms with Gasteiger partial charge in [0.1, 0.15) is 0 Å². The third-order valence-corrected chi connectivity index (χ3v) is 3.09. The number of primary amides is 1. The Morgan fingerprint density at radius 3 is 2.75 bits per heavy atom. The molecule has 1 heterocycles. The third kappa shape index (κ3) is 3.06. The van der Waals surface area contributed by atoms with Gasteiger partial charge in [-0.1, -0.05) is 12.1 Å². The van der Waals surface area contributed by atoms with Crippen molar-refractivity contribution in [3.8, 4) is 5.88 Å². The number of nitrogens with zero attached hydrogens (tertiary/aromatic N) is 1. The fourth-order valence-electron chi connectivity index (χ4n) is 1.93. The monoisotopic (exact) mass is 271 g/mol. The lowest BCUT2D eigenvalue weighted by atomic mass is 10.1. The number of anilines is 1. The molecule has 0 bridgehead atoms. The highest BCUT2D eigenvalue weighted by Gasteiger charge is 2.08. The number of nitrogens with two attached hydrogens (primary N) is 1. The molecular formula is C15H17N3O2. The van der Waals surface area contributed by atoms with Crippen molar-refractivity contribution in [3.63, 3.8) is 0 Å². The summed E-state index contributed by atoms with van der Waals surface area (Å²) < 4.78 is 5.01. The van der Waals surface area contributed by atoms with Gasteiger partial charge in [0.15, 0.2) is 0 Å². The minimum atomic E-state index is -0.419. The van der Waals surface area contributed by atoms with Crippen molar-refractivity contribution >= 4 is 11.6 Å². The van der Waals surface area contributed by atoms with Crippen molar-refractivity contribution in [2.45, 2.75) is 13.5 Å². The molecule has 5 heteroatoms. The van der Waals surface area contributed by atoms with Crippen molar-refractivity contribution < 1.29 is 9.53 Å². The number of benzene rings is 1. The Labute approximate surface area is 117 Å². The minimum absolute atomic E-state index is 0.419. The molecule has 0 atom stereocenters. The van der Waals surface area contributed by atoms with Crippen molar-refractivity contribution in [1.29, 1.82) is 0 Å². The van der Waals surface area contributed by atoms with E-state index in [0.717, 1.165) is 16.8 Å². The van der Waals surface area contributed by atoms with Crippen molar-refractivity contribution in [3.05, 3.63) is 53.2 Å². The number of nitrogens with one attached hydrogen (secondary N) is 1. The molecule has 0 aliphatic heterocycles. The van der Waals surface area contributed by atoms with E-state index in [1.54, 1.807) is 19.4 Å². The van der Waals surface area contributed by atoms with E-state index in [2.05, 4.69) is 10.3 Å². The van der Waals surface area contributed by atoms with Gasteiger partial charge < -0.3 is 15.8 Å². The highest BCUT2D eigenvalue weighted by atomic mass is 16.5. The molecule has 3 N–H and O–H groups in total. The van der Waals surface area contributed by atoms with Crippen LogP contribution in [0.3, 0.4) is 0 Å². The molecular weight excluding hydrogens is 254 g/mol. The summed E-state index contributed by atoms with van der Waals surface area (Å²) in [4.78, 5) is 15.4. The lowest BCUT2D eigenvalue weighted by Gasteiger charge is -2.12. The average molecular weight is 271 g/mol. The van der Waals surface area contributed by atoms with E-state index in [9.17, 15) is 4.79 Å². The number of rotatable bonds is 5. The summed E-state index contributed by atoms with van der Waals surface area (Å²) in [5, 5.41) is 3.27. The van der Waals surface area contributed by atoms with Crippen molar-refractivity contribution in [2.24, 2.45) is 5.73 Å². The Hall–Kier alpha value is -2.56. The molecule has 2 aromatic rings. The van der Waals surface area contributed by atoms with Crippen LogP contribution in [-0.4, -0.2) is 18.0 Å². The molecule has 1 amide bonds. The minimum Gasteiger partial charge on any atom is -0.481 e. The van der Waals surface area contributed by atoms with Crippen LogP contribution in [0.1, 0.15) is 21.5 Å². The summed E-state index contributed by atoms with van der Waals surface area (Å²) in [5.74, 6) is 0.165. The molecule has 0 radical (unpaired) electrons. The van der Waals surface area contributed by atoms with Crippen molar-refractivity contribution in [1.82, 2.24) is 4.98 Å². The summed E-state index contributed by atoms with van der Waals surface area (Å²) in [7, 11) is 1.58. The van der Waals surface area contributed by atoms with E-state index in [-0.39, 0.29) is 0 Å². The van der Waals surface area contributed by atoms with Gasteiger partial charge in [0.2, 0.25) is 11.8 Å². The Kier molecular flexibility index (Phi) is 4.20. The van der Waals surface area contributed by atoms with Crippen LogP contribution < -0.4 is 15.8 Å². The van der Waals surface area contributed by atoms with Gasteiger partial charge in [0.25, 0.3) is 0 Å². The number of aromatic nitrogens is 1. The third-order valence-electron chi connectivity index (χ3n) is 3.09. The summed E-state index contributed by atoms with van der Waals surface area (Å²) in [6, 6.07) is 9.19. The molecule has 104 valence electrons. The molecule has 0 fully saturated rings. The number of hydrogen-bond acceptors (Lipinski definition) is 4. The van der Waals surface area contributed by atoms with Crippen LogP contribution in [0.25, 0.3) is 0 Å². The van der Waals surface area contributed by atoms with Crippen LogP contribution in [-0.2, 0) is 6.54 Å². The molecule has 0 aliphatic carbocycles. The van der Waals surface area contributed by atoms with Gasteiger partial charge in [-0.15, -0.1) is 0 Å². The molecule has 0 aliphatic rings. The molecule has 1 aromatic carbocycles. The van der Waals surface area contributed by atoms with Crippen LogP contribution in [0, 0.1) is 6.92 Å². The number of hydrogen-bond donors (Lipinski definition) is 2. The smallest absolute Gasteiger partial charge is 0.249 e. The second-order valence-electron chi connectivity index (χ2n) is 4.40. The van der Waals surface area contributed by atoms with Gasteiger partial charge in [-0.3, -0.25) is 4.79 Å². The Morgan fingerprint density at radius 1 is 1.35 bits per heavy atom. The van der Waals surface area contributed by atoms with E-state index < -0.39 is 5.91 Å². The number of amides is 1. The predicted molar refractivity (Wildman–Crippen MR) is 77.8 cm³/mol. The molecule has 0 saturated heterocycles. The Bertz CT molecular complexity index is 609. The van der Waals surface area contributed by atoms with Gasteiger partial charge >= 0.3 is 0 Å². The SMILES string of the molecule is COc1ccc(CNc2cccc(C(N)=O)c2C)cn1. The second-order valence-corrected chi connectivity index (χ2v) is 4.40. The van der Waals surface area contributed by atoms with E-state index in [4.69, 9.17) is 10.5 Å². The normalized spacial score (nSPS) is 10.1. The maximum Gasteiger partial charge on any atom is 0.249 e. The largest absolute Gasteiger partial charge is 0.481 e. The number of pyridine rings is 1. The molecule has 5 nitrogen and oxygen atoms in total. The van der Waals surface area contributed by atoms with Gasteiger partial charge in [0.05, 0.1) is 7.11 Å². The Balaban J connectivity index is 2.10. The average Bonchev–Trinajstić information content (AvgIpc) is 2.46. The summed E-state index contributed by atoms with van der Waals surface area (Å²) >= 11 is 0. The first-order valence-electron chi connectivity index (χ1n) is 6.24. The van der Waals surface area contributed by atoms with E-state index in [0.29, 0.717) is 18.0 Å². The van der Waals surface area contributed by atoms with Crippen LogP contribution in [0.15, 0.2) is 36.5 Å². The summed E-state index contributed by atoms with van der Waals surface area (Å²) in [6.07, 6.45) is 1.75. The first kappa shape index (κ1) is 13.9. The number of carbonyl (C=O) groups is 1. The van der Waals surface area contributed by atoms with E-state index in [1.165, 1.54) is 0 Å². The van der Waals surface area contributed by atoms with Gasteiger partial charge in [-0.25, -0.2) is 4.98 Å². The molecule has 1 aromatic heterocycles. The molecule has 2 rings (SSSR count). The fraction of sp³-hybridized carbons (Fsp3) is 0.200. The predicted octanol–water partition coefficient (Wildman–Crippen LogP) is 2.11. The lowest BCUT2D eigenvalue weighted by molar-refractivity contribution is 0.1000. The topological polar surface area (TPSA) is 77.2 Å². The quantitative estimate of drug-likeness (QED) is 0.873.